The van der Waals surface area contributed by atoms with Crippen LogP contribution in [0, 0.1) is 0 Å². The van der Waals surface area contributed by atoms with E-state index in [-0.39, 0.29) is 0 Å². The second-order valence-electron chi connectivity index (χ2n) is 5.04. The van der Waals surface area contributed by atoms with Crippen molar-refractivity contribution in [3.05, 3.63) is 35.9 Å². The van der Waals surface area contributed by atoms with Crippen LogP contribution < -0.4 is 9.47 Å². The van der Waals surface area contributed by atoms with Gasteiger partial charge in [-0.25, -0.2) is 14.6 Å². The summed E-state index contributed by atoms with van der Waals surface area (Å²) in [6, 6.07) is 7.17. The molecule has 1 aliphatic rings. The maximum absolute atomic E-state index is 12.2. The Kier molecular flexibility index (Phi) is 3.84. The van der Waals surface area contributed by atoms with Crippen molar-refractivity contribution >= 4 is 28.9 Å². The standard InChI is InChI=1S/C17H15NO6/c1-21-14-11-8-9-17(15(19)22-2,16(20)23-3)24-13(11)10-6-4-5-7-12(10)18-14/h4-9H,1-3H3. The van der Waals surface area contributed by atoms with Crippen molar-refractivity contribution in [3.8, 4) is 11.6 Å². The van der Waals surface area contributed by atoms with Crippen LogP contribution in [0.5, 0.6) is 11.6 Å². The molecular formula is C17H15NO6. The highest BCUT2D eigenvalue weighted by Crippen LogP contribution is 2.41. The molecule has 24 heavy (non-hydrogen) atoms. The maximum atomic E-state index is 12.2. The first-order valence-corrected chi connectivity index (χ1v) is 7.09. The number of para-hydroxylation sites is 1. The summed E-state index contributed by atoms with van der Waals surface area (Å²) in [6.45, 7) is 0. The highest BCUT2D eigenvalue weighted by Gasteiger charge is 2.51. The van der Waals surface area contributed by atoms with Gasteiger partial charge in [0.2, 0.25) is 5.88 Å². The van der Waals surface area contributed by atoms with Gasteiger partial charge in [0.1, 0.15) is 5.75 Å². The molecule has 0 N–H and O–H groups in total. The summed E-state index contributed by atoms with van der Waals surface area (Å²) in [7, 11) is 3.82. The minimum Gasteiger partial charge on any atom is -0.480 e. The fraction of sp³-hybridized carbons (Fsp3) is 0.235. The minimum atomic E-state index is -2.01. The Balaban J connectivity index is 2.28. The number of carbonyl (C=O) groups is 2. The summed E-state index contributed by atoms with van der Waals surface area (Å²) >= 11 is 0. The molecule has 0 aliphatic carbocycles. The molecule has 0 amide bonds. The third-order valence-corrected chi connectivity index (χ3v) is 3.76. The van der Waals surface area contributed by atoms with Crippen molar-refractivity contribution in [2.24, 2.45) is 0 Å². The van der Waals surface area contributed by atoms with E-state index in [0.717, 1.165) is 0 Å². The first kappa shape index (κ1) is 15.8. The van der Waals surface area contributed by atoms with Gasteiger partial charge in [-0.1, -0.05) is 12.1 Å². The number of pyridine rings is 1. The van der Waals surface area contributed by atoms with Gasteiger partial charge < -0.3 is 18.9 Å². The van der Waals surface area contributed by atoms with Crippen molar-refractivity contribution < 1.29 is 28.5 Å². The molecule has 0 atom stereocenters. The molecular weight excluding hydrogens is 314 g/mol. The number of ether oxygens (including phenoxy) is 4. The van der Waals surface area contributed by atoms with Crippen LogP contribution in [0.25, 0.3) is 17.0 Å². The lowest BCUT2D eigenvalue weighted by Crippen LogP contribution is -2.52. The molecule has 2 heterocycles. The first-order valence-electron chi connectivity index (χ1n) is 7.09. The van der Waals surface area contributed by atoms with Crippen molar-refractivity contribution in [1.29, 1.82) is 0 Å². The van der Waals surface area contributed by atoms with E-state index in [2.05, 4.69) is 4.98 Å². The minimum absolute atomic E-state index is 0.302. The van der Waals surface area contributed by atoms with Crippen molar-refractivity contribution in [1.82, 2.24) is 4.98 Å². The summed E-state index contributed by atoms with van der Waals surface area (Å²) in [5, 5.41) is 0.634. The van der Waals surface area contributed by atoms with Crippen LogP contribution in [0.4, 0.5) is 0 Å². The summed E-state index contributed by atoms with van der Waals surface area (Å²) in [5.41, 5.74) is -0.877. The number of nitrogens with zero attached hydrogens (tertiary/aromatic N) is 1. The van der Waals surface area contributed by atoms with Gasteiger partial charge in [0, 0.05) is 5.39 Å². The largest absolute Gasteiger partial charge is 0.480 e. The number of carbonyl (C=O) groups excluding carboxylic acids is 2. The molecule has 3 rings (SSSR count). The Morgan fingerprint density at radius 2 is 1.75 bits per heavy atom. The Bertz CT molecular complexity index is 842. The summed E-state index contributed by atoms with van der Waals surface area (Å²) in [4.78, 5) is 28.9. The van der Waals surface area contributed by atoms with Gasteiger partial charge >= 0.3 is 17.5 Å². The van der Waals surface area contributed by atoms with Gasteiger partial charge in [-0.15, -0.1) is 0 Å². The fourth-order valence-electron chi connectivity index (χ4n) is 2.59. The number of hydrogen-bond donors (Lipinski definition) is 0. The molecule has 0 radical (unpaired) electrons. The van der Waals surface area contributed by atoms with E-state index in [1.807, 2.05) is 6.07 Å². The smallest absolute Gasteiger partial charge is 0.366 e. The number of methoxy groups -OCH3 is 3. The quantitative estimate of drug-likeness (QED) is 0.626. The SMILES string of the molecule is COC(=O)C1(C(=O)OC)C=Cc2c(OC)nc3ccccc3c2O1. The van der Waals surface area contributed by atoms with Crippen molar-refractivity contribution in [2.45, 2.75) is 5.60 Å². The average Bonchev–Trinajstić information content (AvgIpc) is 2.65. The van der Waals surface area contributed by atoms with E-state index in [1.165, 1.54) is 27.4 Å². The van der Waals surface area contributed by atoms with Gasteiger partial charge in [-0.05, 0) is 24.3 Å². The molecule has 124 valence electrons. The molecule has 0 saturated heterocycles. The van der Waals surface area contributed by atoms with Crippen LogP contribution in [-0.4, -0.2) is 43.9 Å². The fourth-order valence-corrected chi connectivity index (χ4v) is 2.59. The molecule has 0 fully saturated rings. The highest BCUT2D eigenvalue weighted by molar-refractivity contribution is 6.09. The van der Waals surface area contributed by atoms with Crippen LogP contribution in [-0.2, 0) is 19.1 Å². The molecule has 2 aromatic rings. The van der Waals surface area contributed by atoms with Crippen molar-refractivity contribution in [3.63, 3.8) is 0 Å². The zero-order chi connectivity index (χ0) is 17.3. The zero-order valence-electron chi connectivity index (χ0n) is 13.4. The van der Waals surface area contributed by atoms with Crippen LogP contribution >= 0.6 is 0 Å². The number of benzene rings is 1. The van der Waals surface area contributed by atoms with Crippen LogP contribution in [0.2, 0.25) is 0 Å². The molecule has 7 heteroatoms. The molecule has 0 unspecified atom stereocenters. The van der Waals surface area contributed by atoms with Crippen LogP contribution in [0.1, 0.15) is 5.56 Å². The number of rotatable bonds is 3. The highest BCUT2D eigenvalue weighted by atomic mass is 16.6. The monoisotopic (exact) mass is 329 g/mol. The van der Waals surface area contributed by atoms with Crippen LogP contribution in [0.3, 0.4) is 0 Å². The molecule has 7 nitrogen and oxygen atoms in total. The Hall–Kier alpha value is -3.09. The van der Waals surface area contributed by atoms with Gasteiger partial charge in [0.25, 0.3) is 0 Å². The first-order chi connectivity index (χ1) is 11.6. The van der Waals surface area contributed by atoms with Gasteiger partial charge in [-0.3, -0.25) is 0 Å². The number of fused-ring (bicyclic) bond motifs is 3. The van der Waals surface area contributed by atoms with Gasteiger partial charge in [0.05, 0.1) is 32.4 Å². The van der Waals surface area contributed by atoms with E-state index in [4.69, 9.17) is 18.9 Å². The van der Waals surface area contributed by atoms with Crippen LogP contribution in [0.15, 0.2) is 30.3 Å². The Labute approximate surface area is 137 Å². The Morgan fingerprint density at radius 1 is 1.08 bits per heavy atom. The maximum Gasteiger partial charge on any atom is 0.366 e. The Morgan fingerprint density at radius 3 is 2.38 bits per heavy atom. The van der Waals surface area contributed by atoms with E-state index in [9.17, 15) is 9.59 Å². The lowest BCUT2D eigenvalue weighted by molar-refractivity contribution is -0.171. The predicted molar refractivity (Wildman–Crippen MR) is 84.7 cm³/mol. The summed E-state index contributed by atoms with van der Waals surface area (Å²) < 4.78 is 20.6. The van der Waals surface area contributed by atoms with E-state index in [0.29, 0.717) is 28.1 Å². The predicted octanol–water partition coefficient (Wildman–Crippen LogP) is 1.73. The lowest BCUT2D eigenvalue weighted by Gasteiger charge is -2.30. The van der Waals surface area contributed by atoms with Gasteiger partial charge in [-0.2, -0.15) is 0 Å². The molecule has 1 aromatic heterocycles. The number of hydrogen-bond acceptors (Lipinski definition) is 7. The van der Waals surface area contributed by atoms with Crippen molar-refractivity contribution in [2.75, 3.05) is 21.3 Å². The molecule has 0 spiro atoms. The topological polar surface area (TPSA) is 84.0 Å². The van der Waals surface area contributed by atoms with E-state index in [1.54, 1.807) is 24.3 Å². The lowest BCUT2D eigenvalue weighted by atomic mass is 9.97. The zero-order valence-corrected chi connectivity index (χ0v) is 13.4. The molecule has 1 aromatic carbocycles. The van der Waals surface area contributed by atoms with E-state index >= 15 is 0 Å². The third kappa shape index (κ3) is 2.17. The third-order valence-electron chi connectivity index (χ3n) is 3.76. The number of aromatic nitrogens is 1. The normalized spacial score (nSPS) is 14.5. The van der Waals surface area contributed by atoms with Gasteiger partial charge in [0.15, 0.2) is 0 Å². The summed E-state index contributed by atoms with van der Waals surface area (Å²) in [5.74, 6) is -1.13. The molecule has 0 saturated carbocycles. The van der Waals surface area contributed by atoms with E-state index < -0.39 is 17.5 Å². The molecule has 1 aliphatic heterocycles. The number of esters is 2. The molecule has 0 bridgehead atoms. The second-order valence-corrected chi connectivity index (χ2v) is 5.04. The second kappa shape index (κ2) is 5.84. The average molecular weight is 329 g/mol. The summed E-state index contributed by atoms with van der Waals surface area (Å²) in [6.07, 6.45) is 2.83.